The van der Waals surface area contributed by atoms with Crippen LogP contribution in [-0.4, -0.2) is 9.97 Å². The van der Waals surface area contributed by atoms with Crippen LogP contribution in [0, 0.1) is 0 Å². The van der Waals surface area contributed by atoms with Gasteiger partial charge in [-0.15, -0.1) is 0 Å². The van der Waals surface area contributed by atoms with Gasteiger partial charge in [0, 0.05) is 16.0 Å². The minimum atomic E-state index is 0.548. The van der Waals surface area contributed by atoms with Gasteiger partial charge in [0.1, 0.15) is 0 Å². The second-order valence-corrected chi connectivity index (χ2v) is 5.23. The highest BCUT2D eigenvalue weighted by atomic mass is 79.9. The van der Waals surface area contributed by atoms with Crippen LogP contribution in [0.1, 0.15) is 24.5 Å². The lowest BCUT2D eigenvalue weighted by molar-refractivity contribution is 1.00. The maximum atomic E-state index is 5.90. The number of rotatable bonds is 2. The fraction of sp³-hybridized carbons (Fsp3) is 0.231. The Morgan fingerprint density at radius 3 is 2.53 bits per heavy atom. The summed E-state index contributed by atoms with van der Waals surface area (Å²) in [5, 5.41) is 0. The van der Waals surface area contributed by atoms with Crippen LogP contribution in [0.5, 0.6) is 0 Å². The van der Waals surface area contributed by atoms with Crippen LogP contribution >= 0.6 is 15.9 Å². The fourth-order valence-electron chi connectivity index (χ4n) is 1.83. The van der Waals surface area contributed by atoms with E-state index in [2.05, 4.69) is 25.9 Å². The minimum absolute atomic E-state index is 0.548. The van der Waals surface area contributed by atoms with E-state index in [0.29, 0.717) is 11.6 Å². The van der Waals surface area contributed by atoms with Crippen LogP contribution in [-0.2, 0) is 0 Å². The number of hydrogen-bond donors (Lipinski definition) is 1. The zero-order valence-electron chi connectivity index (χ0n) is 9.23. The van der Waals surface area contributed by atoms with E-state index in [1.165, 1.54) is 12.8 Å². The van der Waals surface area contributed by atoms with Gasteiger partial charge in [-0.1, -0.05) is 28.1 Å². The molecule has 2 aromatic rings. The maximum absolute atomic E-state index is 5.90. The van der Waals surface area contributed by atoms with Crippen LogP contribution in [0.3, 0.4) is 0 Å². The summed E-state index contributed by atoms with van der Waals surface area (Å²) in [4.78, 5) is 8.88. The first-order valence-electron chi connectivity index (χ1n) is 5.62. The molecule has 17 heavy (non-hydrogen) atoms. The largest absolute Gasteiger partial charge is 0.396 e. The highest BCUT2D eigenvalue weighted by Crippen LogP contribution is 2.41. The number of nitrogens with two attached hydrogens (primary N) is 1. The average Bonchev–Trinajstić information content (AvgIpc) is 3.15. The first-order chi connectivity index (χ1) is 8.24. The predicted molar refractivity (Wildman–Crippen MR) is 71.6 cm³/mol. The zero-order valence-corrected chi connectivity index (χ0v) is 10.8. The number of anilines is 1. The third-order valence-electron chi connectivity index (χ3n) is 2.91. The molecule has 4 heteroatoms. The molecule has 0 bridgehead atoms. The highest BCUT2D eigenvalue weighted by Gasteiger charge is 2.27. The second kappa shape index (κ2) is 4.11. The summed E-state index contributed by atoms with van der Waals surface area (Å²) in [7, 11) is 0. The van der Waals surface area contributed by atoms with Gasteiger partial charge in [0.2, 0.25) is 0 Å². The van der Waals surface area contributed by atoms with Crippen molar-refractivity contribution >= 4 is 21.6 Å². The molecule has 1 aromatic carbocycles. The Balaban J connectivity index is 2.02. The molecule has 0 aliphatic heterocycles. The summed E-state index contributed by atoms with van der Waals surface area (Å²) in [6, 6.07) is 8.00. The van der Waals surface area contributed by atoms with E-state index in [1.807, 2.05) is 24.3 Å². The van der Waals surface area contributed by atoms with Crippen LogP contribution in [0.25, 0.3) is 11.4 Å². The van der Waals surface area contributed by atoms with Gasteiger partial charge in [0.25, 0.3) is 0 Å². The van der Waals surface area contributed by atoms with Crippen LogP contribution in [0.2, 0.25) is 0 Å². The van der Waals surface area contributed by atoms with Gasteiger partial charge < -0.3 is 5.73 Å². The van der Waals surface area contributed by atoms with Crippen molar-refractivity contribution in [3.05, 3.63) is 40.6 Å². The number of hydrogen-bond acceptors (Lipinski definition) is 3. The number of nitrogens with zero attached hydrogens (tertiary/aromatic N) is 2. The quantitative estimate of drug-likeness (QED) is 0.922. The molecule has 0 spiro atoms. The lowest BCUT2D eigenvalue weighted by Gasteiger charge is -2.06. The van der Waals surface area contributed by atoms with E-state index < -0.39 is 0 Å². The molecule has 1 fully saturated rings. The zero-order chi connectivity index (χ0) is 11.8. The molecule has 86 valence electrons. The first kappa shape index (κ1) is 10.7. The van der Waals surface area contributed by atoms with Gasteiger partial charge in [0.05, 0.1) is 17.6 Å². The van der Waals surface area contributed by atoms with Gasteiger partial charge >= 0.3 is 0 Å². The maximum Gasteiger partial charge on any atom is 0.159 e. The van der Waals surface area contributed by atoms with Gasteiger partial charge in [-0.05, 0) is 25.0 Å². The highest BCUT2D eigenvalue weighted by molar-refractivity contribution is 9.10. The Morgan fingerprint density at radius 1 is 1.18 bits per heavy atom. The molecule has 1 aliphatic carbocycles. The smallest absolute Gasteiger partial charge is 0.159 e. The molecule has 0 unspecified atom stereocenters. The van der Waals surface area contributed by atoms with Gasteiger partial charge in [-0.2, -0.15) is 0 Å². The van der Waals surface area contributed by atoms with Gasteiger partial charge in [-0.3, -0.25) is 0 Å². The normalized spacial score (nSPS) is 14.9. The van der Waals surface area contributed by atoms with Gasteiger partial charge in [0.15, 0.2) is 5.82 Å². The summed E-state index contributed by atoms with van der Waals surface area (Å²) in [6.45, 7) is 0. The van der Waals surface area contributed by atoms with Crippen molar-refractivity contribution in [2.75, 3.05) is 5.73 Å². The van der Waals surface area contributed by atoms with E-state index in [4.69, 9.17) is 5.73 Å². The second-order valence-electron chi connectivity index (χ2n) is 4.32. The Bertz CT molecular complexity index is 547. The minimum Gasteiger partial charge on any atom is -0.396 e. The van der Waals surface area contributed by atoms with Gasteiger partial charge in [-0.25, -0.2) is 9.97 Å². The number of benzene rings is 1. The monoisotopic (exact) mass is 289 g/mol. The van der Waals surface area contributed by atoms with Crippen LogP contribution in [0.15, 0.2) is 34.9 Å². The predicted octanol–water partition coefficient (Wildman–Crippen LogP) is 3.37. The van der Waals surface area contributed by atoms with Crippen molar-refractivity contribution in [1.82, 2.24) is 9.97 Å². The van der Waals surface area contributed by atoms with Crippen molar-refractivity contribution in [2.45, 2.75) is 18.8 Å². The standard InChI is InChI=1S/C13H12BrN3/c14-10-5-3-9(4-6-10)13-16-7-11(15)12(17-13)8-1-2-8/h3-8H,1-2,15H2. The topological polar surface area (TPSA) is 51.8 Å². The third kappa shape index (κ3) is 2.17. The molecule has 0 radical (unpaired) electrons. The Kier molecular flexibility index (Phi) is 2.59. The fourth-order valence-corrected chi connectivity index (χ4v) is 2.09. The van der Waals surface area contributed by atoms with Crippen LogP contribution in [0.4, 0.5) is 5.69 Å². The van der Waals surface area contributed by atoms with Crippen LogP contribution < -0.4 is 5.73 Å². The molecule has 1 saturated carbocycles. The van der Waals surface area contributed by atoms with Crippen molar-refractivity contribution in [3.8, 4) is 11.4 Å². The number of halogens is 1. The molecule has 1 aliphatic rings. The summed E-state index contributed by atoms with van der Waals surface area (Å²) in [5.74, 6) is 1.31. The molecule has 3 nitrogen and oxygen atoms in total. The first-order valence-corrected chi connectivity index (χ1v) is 6.41. The Labute approximate surface area is 108 Å². The molecule has 3 rings (SSSR count). The molecule has 2 N–H and O–H groups in total. The summed E-state index contributed by atoms with van der Waals surface area (Å²) >= 11 is 3.42. The molecule has 0 amide bonds. The molecular formula is C13H12BrN3. The number of nitrogen functional groups attached to an aromatic ring is 1. The van der Waals surface area contributed by atoms with E-state index in [9.17, 15) is 0 Å². The Hall–Kier alpha value is -1.42. The van der Waals surface area contributed by atoms with Crippen molar-refractivity contribution in [1.29, 1.82) is 0 Å². The molecular weight excluding hydrogens is 278 g/mol. The molecule has 1 aromatic heterocycles. The Morgan fingerprint density at radius 2 is 1.88 bits per heavy atom. The van der Waals surface area contributed by atoms with E-state index in [1.54, 1.807) is 6.20 Å². The van der Waals surface area contributed by atoms with Crippen molar-refractivity contribution in [3.63, 3.8) is 0 Å². The summed E-state index contributed by atoms with van der Waals surface area (Å²) < 4.78 is 1.05. The average molecular weight is 290 g/mol. The molecule has 1 heterocycles. The lowest BCUT2D eigenvalue weighted by Crippen LogP contribution is -2.00. The SMILES string of the molecule is Nc1cnc(-c2ccc(Br)cc2)nc1C1CC1. The van der Waals surface area contributed by atoms with E-state index >= 15 is 0 Å². The molecule has 0 atom stereocenters. The summed E-state index contributed by atoms with van der Waals surface area (Å²) in [6.07, 6.45) is 4.11. The number of aromatic nitrogens is 2. The van der Waals surface area contributed by atoms with Crippen molar-refractivity contribution in [2.24, 2.45) is 0 Å². The summed E-state index contributed by atoms with van der Waals surface area (Å²) in [5.41, 5.74) is 8.65. The van der Waals surface area contributed by atoms with E-state index in [-0.39, 0.29) is 0 Å². The lowest BCUT2D eigenvalue weighted by atomic mass is 10.2. The third-order valence-corrected chi connectivity index (χ3v) is 3.44. The molecule has 0 saturated heterocycles. The van der Waals surface area contributed by atoms with E-state index in [0.717, 1.165) is 21.6 Å². The van der Waals surface area contributed by atoms with Crippen molar-refractivity contribution < 1.29 is 0 Å².